The molecule has 1 aromatic carbocycles. The zero-order valence-corrected chi connectivity index (χ0v) is 12.2. The molecule has 5 nitrogen and oxygen atoms in total. The van der Waals surface area contributed by atoms with Crippen LogP contribution in [0.4, 0.5) is 0 Å². The number of rotatable bonds is 5. The summed E-state index contributed by atoms with van der Waals surface area (Å²) in [5.41, 5.74) is 0. The van der Waals surface area contributed by atoms with Gasteiger partial charge in [-0.3, -0.25) is 9.59 Å². The summed E-state index contributed by atoms with van der Waals surface area (Å²) in [4.78, 5) is 25.1. The van der Waals surface area contributed by atoms with Crippen LogP contribution < -0.4 is 4.74 Å². The van der Waals surface area contributed by atoms with Gasteiger partial charge in [0.1, 0.15) is 5.75 Å². The Kier molecular flexibility index (Phi) is 5.20. The third-order valence-electron chi connectivity index (χ3n) is 3.72. The van der Waals surface area contributed by atoms with E-state index in [1.165, 1.54) is 0 Å². The molecule has 0 aromatic heterocycles. The maximum absolute atomic E-state index is 12.5. The van der Waals surface area contributed by atoms with Crippen LogP contribution in [-0.2, 0) is 9.59 Å². The van der Waals surface area contributed by atoms with Crippen molar-refractivity contribution < 1.29 is 19.4 Å². The van der Waals surface area contributed by atoms with E-state index in [0.717, 1.165) is 19.3 Å². The number of piperidine rings is 1. The largest absolute Gasteiger partial charge is 0.481 e. The summed E-state index contributed by atoms with van der Waals surface area (Å²) in [6.45, 7) is 2.32. The molecule has 1 fully saturated rings. The predicted molar refractivity (Wildman–Crippen MR) is 78.1 cm³/mol. The van der Waals surface area contributed by atoms with Gasteiger partial charge in [0.25, 0.3) is 5.91 Å². The number of amides is 1. The van der Waals surface area contributed by atoms with Gasteiger partial charge in [-0.1, -0.05) is 18.2 Å². The second kappa shape index (κ2) is 7.11. The van der Waals surface area contributed by atoms with E-state index < -0.39 is 12.1 Å². The van der Waals surface area contributed by atoms with Gasteiger partial charge in [-0.15, -0.1) is 0 Å². The van der Waals surface area contributed by atoms with Gasteiger partial charge in [0.15, 0.2) is 6.10 Å². The molecule has 5 heteroatoms. The lowest BCUT2D eigenvalue weighted by Crippen LogP contribution is -2.49. The van der Waals surface area contributed by atoms with Crippen molar-refractivity contribution in [2.24, 2.45) is 0 Å². The lowest BCUT2D eigenvalue weighted by Gasteiger charge is -2.36. The van der Waals surface area contributed by atoms with Crippen LogP contribution in [0, 0.1) is 0 Å². The highest BCUT2D eigenvalue weighted by Gasteiger charge is 2.31. The van der Waals surface area contributed by atoms with Crippen LogP contribution in [0.15, 0.2) is 30.3 Å². The van der Waals surface area contributed by atoms with Crippen LogP contribution in [0.2, 0.25) is 0 Å². The fraction of sp³-hybridized carbons (Fsp3) is 0.500. The van der Waals surface area contributed by atoms with Gasteiger partial charge < -0.3 is 14.7 Å². The molecule has 0 spiro atoms. The summed E-state index contributed by atoms with van der Waals surface area (Å²) in [6, 6.07) is 8.96. The second-order valence-electron chi connectivity index (χ2n) is 5.35. The fourth-order valence-corrected chi connectivity index (χ4v) is 2.69. The molecular formula is C16H21NO4. The highest BCUT2D eigenvalue weighted by molar-refractivity contribution is 5.82. The van der Waals surface area contributed by atoms with Crippen molar-refractivity contribution in [3.8, 4) is 5.75 Å². The third kappa shape index (κ3) is 4.21. The monoisotopic (exact) mass is 291 g/mol. The zero-order valence-electron chi connectivity index (χ0n) is 12.2. The first kappa shape index (κ1) is 15.4. The summed E-state index contributed by atoms with van der Waals surface area (Å²) in [7, 11) is 0. The van der Waals surface area contributed by atoms with E-state index in [1.807, 2.05) is 18.2 Å². The summed E-state index contributed by atoms with van der Waals surface area (Å²) in [5, 5.41) is 8.97. The molecule has 0 aliphatic carbocycles. The Hall–Kier alpha value is -2.04. The number of carbonyl (C=O) groups excluding carboxylic acids is 1. The van der Waals surface area contributed by atoms with Crippen molar-refractivity contribution in [2.45, 2.75) is 44.8 Å². The molecule has 21 heavy (non-hydrogen) atoms. The van der Waals surface area contributed by atoms with E-state index in [9.17, 15) is 9.59 Å². The number of ether oxygens (including phenoxy) is 1. The number of carboxylic acid groups (broad SMARTS) is 1. The molecule has 0 bridgehead atoms. The Balaban J connectivity index is 2.00. The number of aliphatic carboxylic acids is 1. The summed E-state index contributed by atoms with van der Waals surface area (Å²) in [5.74, 6) is -0.355. The molecule has 114 valence electrons. The Morgan fingerprint density at radius 1 is 1.33 bits per heavy atom. The summed E-state index contributed by atoms with van der Waals surface area (Å²) < 4.78 is 5.64. The molecule has 1 N–H and O–H groups in total. The van der Waals surface area contributed by atoms with Gasteiger partial charge in [0, 0.05) is 12.6 Å². The van der Waals surface area contributed by atoms with Gasteiger partial charge in [-0.05, 0) is 38.3 Å². The molecule has 1 aliphatic rings. The quantitative estimate of drug-likeness (QED) is 0.904. The number of hydrogen-bond donors (Lipinski definition) is 1. The van der Waals surface area contributed by atoms with Crippen LogP contribution >= 0.6 is 0 Å². The SMILES string of the molecule is CC(Oc1ccccc1)C(=O)N1CCCCC1CC(=O)O. The van der Waals surface area contributed by atoms with Crippen molar-refractivity contribution in [2.75, 3.05) is 6.54 Å². The van der Waals surface area contributed by atoms with Gasteiger partial charge in [0.05, 0.1) is 6.42 Å². The van der Waals surface area contributed by atoms with Gasteiger partial charge in [0.2, 0.25) is 0 Å². The van der Waals surface area contributed by atoms with E-state index in [2.05, 4.69) is 0 Å². The highest BCUT2D eigenvalue weighted by Crippen LogP contribution is 2.22. The third-order valence-corrected chi connectivity index (χ3v) is 3.72. The normalized spacial score (nSPS) is 19.9. The Morgan fingerprint density at radius 3 is 2.71 bits per heavy atom. The first-order valence-electron chi connectivity index (χ1n) is 7.32. The van der Waals surface area contributed by atoms with Gasteiger partial charge in [-0.25, -0.2) is 0 Å². The van der Waals surface area contributed by atoms with Crippen molar-refractivity contribution in [1.29, 1.82) is 0 Å². The van der Waals surface area contributed by atoms with E-state index in [1.54, 1.807) is 24.0 Å². The predicted octanol–water partition coefficient (Wildman–Crippen LogP) is 2.31. The average molecular weight is 291 g/mol. The van der Waals surface area contributed by atoms with Crippen molar-refractivity contribution in [3.05, 3.63) is 30.3 Å². The number of likely N-dealkylation sites (tertiary alicyclic amines) is 1. The van der Waals surface area contributed by atoms with E-state index >= 15 is 0 Å². The Morgan fingerprint density at radius 2 is 2.05 bits per heavy atom. The molecule has 2 atom stereocenters. The van der Waals surface area contributed by atoms with Crippen LogP contribution in [-0.4, -0.2) is 40.6 Å². The van der Waals surface area contributed by atoms with Crippen molar-refractivity contribution in [3.63, 3.8) is 0 Å². The topological polar surface area (TPSA) is 66.8 Å². The summed E-state index contributed by atoms with van der Waals surface area (Å²) in [6.07, 6.45) is 2.02. The van der Waals surface area contributed by atoms with Gasteiger partial charge in [-0.2, -0.15) is 0 Å². The number of nitrogens with zero attached hydrogens (tertiary/aromatic N) is 1. The van der Waals surface area contributed by atoms with Crippen molar-refractivity contribution >= 4 is 11.9 Å². The number of carbonyl (C=O) groups is 2. The molecule has 1 saturated heterocycles. The molecular weight excluding hydrogens is 270 g/mol. The molecule has 1 heterocycles. The molecule has 0 radical (unpaired) electrons. The highest BCUT2D eigenvalue weighted by atomic mass is 16.5. The van der Waals surface area contributed by atoms with Crippen LogP contribution in [0.25, 0.3) is 0 Å². The minimum Gasteiger partial charge on any atom is -0.481 e. The van der Waals surface area contributed by atoms with Crippen molar-refractivity contribution in [1.82, 2.24) is 4.90 Å². The van der Waals surface area contributed by atoms with E-state index in [4.69, 9.17) is 9.84 Å². The van der Waals surface area contributed by atoms with Crippen LogP contribution in [0.5, 0.6) is 5.75 Å². The second-order valence-corrected chi connectivity index (χ2v) is 5.35. The van der Waals surface area contributed by atoms with Crippen LogP contribution in [0.1, 0.15) is 32.6 Å². The Bertz CT molecular complexity index is 488. The first-order valence-corrected chi connectivity index (χ1v) is 7.32. The van der Waals surface area contributed by atoms with Gasteiger partial charge >= 0.3 is 5.97 Å². The van der Waals surface area contributed by atoms with Crippen LogP contribution in [0.3, 0.4) is 0 Å². The molecule has 1 aromatic rings. The maximum Gasteiger partial charge on any atom is 0.305 e. The smallest absolute Gasteiger partial charge is 0.305 e. The first-order chi connectivity index (χ1) is 10.1. The minimum atomic E-state index is -0.865. The summed E-state index contributed by atoms with van der Waals surface area (Å²) >= 11 is 0. The molecule has 2 unspecified atom stereocenters. The molecule has 1 aliphatic heterocycles. The average Bonchev–Trinajstić information content (AvgIpc) is 2.47. The number of hydrogen-bond acceptors (Lipinski definition) is 3. The molecule has 0 saturated carbocycles. The lowest BCUT2D eigenvalue weighted by atomic mass is 9.98. The van der Waals surface area contributed by atoms with E-state index in [-0.39, 0.29) is 18.4 Å². The molecule has 1 amide bonds. The number of benzene rings is 1. The van der Waals surface area contributed by atoms with E-state index in [0.29, 0.717) is 12.3 Å². The number of para-hydroxylation sites is 1. The number of carboxylic acids is 1. The fourth-order valence-electron chi connectivity index (χ4n) is 2.69. The zero-order chi connectivity index (χ0) is 15.2. The lowest BCUT2D eigenvalue weighted by molar-refractivity contribution is -0.145. The standard InChI is InChI=1S/C16H21NO4/c1-12(21-14-8-3-2-4-9-14)16(20)17-10-6-5-7-13(17)11-15(18)19/h2-4,8-9,12-13H,5-7,10-11H2,1H3,(H,18,19). The minimum absolute atomic E-state index is 0.00377. The Labute approximate surface area is 124 Å². The molecule has 2 rings (SSSR count). The maximum atomic E-state index is 12.5.